The van der Waals surface area contributed by atoms with Crippen molar-refractivity contribution < 1.29 is 0 Å². The Bertz CT molecular complexity index is 550. The van der Waals surface area contributed by atoms with E-state index in [0.29, 0.717) is 21.6 Å². The molecule has 0 aliphatic heterocycles. The van der Waals surface area contributed by atoms with Crippen LogP contribution in [0.5, 0.6) is 0 Å². The smallest absolute Gasteiger partial charge is 0.263 e. The number of hydrogen-bond donors (Lipinski definition) is 2. The van der Waals surface area contributed by atoms with E-state index in [1.807, 2.05) is 0 Å². The Hall–Kier alpha value is -1.79. The van der Waals surface area contributed by atoms with Crippen LogP contribution in [-0.4, -0.2) is 21.1 Å². The first-order chi connectivity index (χ1) is 8.18. The third kappa shape index (κ3) is 2.66. The van der Waals surface area contributed by atoms with Gasteiger partial charge in [0.1, 0.15) is 6.33 Å². The van der Waals surface area contributed by atoms with Gasteiger partial charge >= 0.3 is 0 Å². The average molecular weight is 271 g/mol. The maximum atomic E-state index is 5.98. The molecule has 0 radical (unpaired) electrons. The van der Waals surface area contributed by atoms with E-state index in [1.165, 1.54) is 17.2 Å². The van der Waals surface area contributed by atoms with Crippen molar-refractivity contribution in [3.63, 3.8) is 0 Å². The van der Waals surface area contributed by atoms with Gasteiger partial charge < -0.3 is 5.84 Å². The molecule has 2 rings (SSSR count). The molecule has 3 N–H and O–H groups in total. The van der Waals surface area contributed by atoms with Crippen molar-refractivity contribution in [1.82, 2.24) is 14.9 Å². The van der Waals surface area contributed by atoms with Gasteiger partial charge in [-0.15, -0.1) is 10.2 Å². The molecule has 6 nitrogen and oxygen atoms in total. The first-order valence-corrected chi connectivity index (χ1v) is 5.32. The van der Waals surface area contributed by atoms with Gasteiger partial charge in [0.05, 0.1) is 16.3 Å². The number of hydrogen-bond acceptors (Lipinski definition) is 5. The molecule has 0 fully saturated rings. The van der Waals surface area contributed by atoms with E-state index in [2.05, 4.69) is 20.7 Å². The molecule has 0 saturated carbocycles. The molecular weight excluding hydrogens is 263 g/mol. The second kappa shape index (κ2) is 5.03. The molecule has 0 spiro atoms. The molecule has 1 aromatic carbocycles. The molecular formula is C9H8Cl2N6. The van der Waals surface area contributed by atoms with Gasteiger partial charge in [-0.25, -0.2) is 10.1 Å². The van der Waals surface area contributed by atoms with Crippen LogP contribution in [-0.2, 0) is 0 Å². The molecule has 2 aromatic rings. The summed E-state index contributed by atoms with van der Waals surface area (Å²) in [6.45, 7) is 0. The third-order valence-electron chi connectivity index (χ3n) is 1.92. The second-order valence-corrected chi connectivity index (χ2v) is 3.86. The normalized spacial score (nSPS) is 10.9. The van der Waals surface area contributed by atoms with Crippen molar-refractivity contribution >= 4 is 35.4 Å². The van der Waals surface area contributed by atoms with Crippen molar-refractivity contribution in [2.75, 3.05) is 11.3 Å². The van der Waals surface area contributed by atoms with E-state index in [9.17, 15) is 0 Å². The molecule has 88 valence electrons. The highest BCUT2D eigenvalue weighted by Gasteiger charge is 2.01. The lowest BCUT2D eigenvalue weighted by Gasteiger charge is -2.00. The van der Waals surface area contributed by atoms with Gasteiger partial charge in [-0.05, 0) is 6.07 Å². The van der Waals surface area contributed by atoms with Crippen molar-refractivity contribution in [2.24, 2.45) is 5.10 Å². The third-order valence-corrected chi connectivity index (χ3v) is 2.76. The van der Waals surface area contributed by atoms with Gasteiger partial charge in [0.25, 0.3) is 5.95 Å². The highest BCUT2D eigenvalue weighted by atomic mass is 35.5. The Balaban J connectivity index is 2.11. The quantitative estimate of drug-likeness (QED) is 0.506. The number of benzene rings is 1. The fraction of sp³-hybridized carbons (Fsp3) is 0. The topological polar surface area (TPSA) is 81.1 Å². The minimum absolute atomic E-state index is 0.319. The highest BCUT2D eigenvalue weighted by Crippen LogP contribution is 2.24. The number of nitrogens with two attached hydrogens (primary N) is 1. The second-order valence-electron chi connectivity index (χ2n) is 3.07. The zero-order valence-corrected chi connectivity index (χ0v) is 10.0. The molecule has 0 unspecified atom stereocenters. The summed E-state index contributed by atoms with van der Waals surface area (Å²) in [5, 5.41) is 12.1. The Morgan fingerprint density at radius 1 is 1.41 bits per heavy atom. The largest absolute Gasteiger partial charge is 0.335 e. The van der Waals surface area contributed by atoms with Crippen LogP contribution < -0.4 is 11.3 Å². The monoisotopic (exact) mass is 270 g/mol. The fourth-order valence-electron chi connectivity index (χ4n) is 1.10. The van der Waals surface area contributed by atoms with Crippen molar-refractivity contribution in [3.05, 3.63) is 40.1 Å². The van der Waals surface area contributed by atoms with Crippen LogP contribution in [0.15, 0.2) is 29.6 Å². The number of hydrazone groups is 1. The van der Waals surface area contributed by atoms with E-state index in [-0.39, 0.29) is 0 Å². The minimum atomic E-state index is 0.319. The molecule has 17 heavy (non-hydrogen) atoms. The highest BCUT2D eigenvalue weighted by molar-refractivity contribution is 6.43. The molecule has 0 saturated heterocycles. The Morgan fingerprint density at radius 3 is 2.94 bits per heavy atom. The zero-order chi connectivity index (χ0) is 12.3. The molecule has 0 bridgehead atoms. The van der Waals surface area contributed by atoms with Crippen LogP contribution in [0.2, 0.25) is 10.0 Å². The van der Waals surface area contributed by atoms with E-state index in [0.717, 1.165) is 0 Å². The predicted molar refractivity (Wildman–Crippen MR) is 67.9 cm³/mol. The van der Waals surface area contributed by atoms with Crippen LogP contribution in [0, 0.1) is 0 Å². The van der Waals surface area contributed by atoms with E-state index < -0.39 is 0 Å². The summed E-state index contributed by atoms with van der Waals surface area (Å²) < 4.78 is 1.21. The Kier molecular flexibility index (Phi) is 3.46. The number of nitrogens with zero attached hydrogens (tertiary/aromatic N) is 4. The molecule has 0 atom stereocenters. The number of aromatic nitrogens is 3. The standard InChI is InChI=1S/C9H8Cl2N6/c10-7-3-1-2-6(8(7)11)4-13-15-9-16-14-5-17(9)12/h1-5H,12H2,(H,15,16)/b13-4-. The number of nitrogens with one attached hydrogen (secondary N) is 1. The van der Waals surface area contributed by atoms with Gasteiger partial charge in [0, 0.05) is 5.56 Å². The summed E-state index contributed by atoms with van der Waals surface area (Å²) in [6, 6.07) is 5.26. The number of anilines is 1. The lowest BCUT2D eigenvalue weighted by atomic mass is 10.2. The van der Waals surface area contributed by atoms with Crippen molar-refractivity contribution in [1.29, 1.82) is 0 Å². The summed E-state index contributed by atoms with van der Waals surface area (Å²) in [4.78, 5) is 0. The van der Waals surface area contributed by atoms with E-state index in [1.54, 1.807) is 18.2 Å². The first-order valence-electron chi connectivity index (χ1n) is 4.56. The number of rotatable bonds is 3. The number of halogens is 2. The Morgan fingerprint density at radius 2 is 2.24 bits per heavy atom. The molecule has 0 aliphatic rings. The SMILES string of the molecule is Nn1cnnc1N/N=C\c1cccc(Cl)c1Cl. The maximum absolute atomic E-state index is 5.98. The first kappa shape index (κ1) is 11.7. The maximum Gasteiger partial charge on any atom is 0.263 e. The van der Waals surface area contributed by atoms with Crippen LogP contribution >= 0.6 is 23.2 Å². The van der Waals surface area contributed by atoms with Crippen molar-refractivity contribution in [2.45, 2.75) is 0 Å². The number of nitrogen functional groups attached to an aromatic ring is 1. The molecule has 0 aliphatic carbocycles. The van der Waals surface area contributed by atoms with Crippen molar-refractivity contribution in [3.8, 4) is 0 Å². The predicted octanol–water partition coefficient (Wildman–Crippen LogP) is 1.74. The molecule has 8 heteroatoms. The van der Waals surface area contributed by atoms with E-state index >= 15 is 0 Å². The van der Waals surface area contributed by atoms with Crippen LogP contribution in [0.25, 0.3) is 0 Å². The lowest BCUT2D eigenvalue weighted by Crippen LogP contribution is -2.10. The zero-order valence-electron chi connectivity index (χ0n) is 8.51. The van der Waals surface area contributed by atoms with Gasteiger partial charge in [-0.2, -0.15) is 5.10 Å². The minimum Gasteiger partial charge on any atom is -0.335 e. The van der Waals surface area contributed by atoms with Crippen LogP contribution in [0.4, 0.5) is 5.95 Å². The van der Waals surface area contributed by atoms with Crippen LogP contribution in [0.1, 0.15) is 5.56 Å². The molecule has 0 amide bonds. The fourth-order valence-corrected chi connectivity index (χ4v) is 1.46. The Labute approximate surface area is 107 Å². The lowest BCUT2D eigenvalue weighted by molar-refractivity contribution is 0.988. The summed E-state index contributed by atoms with van der Waals surface area (Å²) in [5.74, 6) is 5.80. The molecule has 1 aromatic heterocycles. The van der Waals surface area contributed by atoms with Gasteiger partial charge in [-0.1, -0.05) is 35.3 Å². The molecule has 1 heterocycles. The van der Waals surface area contributed by atoms with Gasteiger partial charge in [0.15, 0.2) is 0 Å². The summed E-state index contributed by atoms with van der Waals surface area (Å²) in [5.41, 5.74) is 3.31. The summed E-state index contributed by atoms with van der Waals surface area (Å²) in [6.07, 6.45) is 2.87. The summed E-state index contributed by atoms with van der Waals surface area (Å²) in [7, 11) is 0. The van der Waals surface area contributed by atoms with E-state index in [4.69, 9.17) is 29.0 Å². The van der Waals surface area contributed by atoms with Gasteiger partial charge in [0.2, 0.25) is 0 Å². The summed E-state index contributed by atoms with van der Waals surface area (Å²) >= 11 is 11.8. The van der Waals surface area contributed by atoms with Gasteiger partial charge in [-0.3, -0.25) is 0 Å². The van der Waals surface area contributed by atoms with Crippen LogP contribution in [0.3, 0.4) is 0 Å². The average Bonchev–Trinajstić information content (AvgIpc) is 2.71.